The topological polar surface area (TPSA) is 92.8 Å². The Morgan fingerprint density at radius 1 is 1.02 bits per heavy atom. The lowest BCUT2D eigenvalue weighted by atomic mass is 9.41. The number of rotatable bonds is 6. The third-order valence-corrected chi connectivity index (χ3v) is 13.9. The molecule has 1 amide bonds. The van der Waals surface area contributed by atoms with E-state index >= 15 is 0 Å². The number of fused-ring (bicyclic) bond motifs is 2. The van der Waals surface area contributed by atoms with E-state index in [0.717, 1.165) is 44.8 Å². The molecule has 7 nitrogen and oxygen atoms in total. The first-order valence-corrected chi connectivity index (χ1v) is 16.4. The fourth-order valence-electron chi connectivity index (χ4n) is 11.2. The quantitative estimate of drug-likeness (QED) is 0.330. The zero-order chi connectivity index (χ0) is 31.4. The molecule has 0 aromatic heterocycles. The van der Waals surface area contributed by atoms with Gasteiger partial charge in [0.05, 0.1) is 5.41 Å². The Morgan fingerprint density at radius 3 is 2.19 bits per heavy atom. The van der Waals surface area contributed by atoms with Gasteiger partial charge in [-0.2, -0.15) is 0 Å². The summed E-state index contributed by atoms with van der Waals surface area (Å²) in [6.07, 6.45) is 6.35. The van der Waals surface area contributed by atoms with Crippen LogP contribution in [0.15, 0.2) is 0 Å². The highest BCUT2D eigenvalue weighted by Crippen LogP contribution is 2.88. The monoisotopic (exact) mass is 584 g/mol. The number of nitrogens with one attached hydrogen (secondary N) is 1. The van der Waals surface area contributed by atoms with Crippen molar-refractivity contribution in [3.63, 3.8) is 0 Å². The van der Waals surface area contributed by atoms with Crippen molar-refractivity contribution in [3.8, 4) is 0 Å². The van der Waals surface area contributed by atoms with Gasteiger partial charge in [0.15, 0.2) is 0 Å². The fraction of sp³-hybridized carbons (Fsp3) is 0.886. The van der Waals surface area contributed by atoms with Gasteiger partial charge < -0.3 is 19.7 Å². The first-order valence-electron chi connectivity index (χ1n) is 16.4. The molecule has 0 radical (unpaired) electrons. The van der Waals surface area contributed by atoms with Gasteiger partial charge in [0.25, 0.3) is 0 Å². The summed E-state index contributed by atoms with van der Waals surface area (Å²) in [5.41, 5.74) is -2.38. The van der Waals surface area contributed by atoms with Gasteiger partial charge in [0, 0.05) is 41.2 Å². The number of Topliss-reactive ketones (excluding diaryl/α,β-unsaturated/α-hetero) is 1. The van der Waals surface area contributed by atoms with Crippen molar-refractivity contribution in [2.45, 2.75) is 125 Å². The summed E-state index contributed by atoms with van der Waals surface area (Å²) in [5, 5.41) is 3.22. The maximum atomic E-state index is 14.7. The summed E-state index contributed by atoms with van der Waals surface area (Å²) in [7, 11) is 4.16. The molecular weight excluding hydrogens is 528 g/mol. The SMILES string of the molecule is CC(C)C(=O)NC1CCC23CC24C(=O)CC2(C)C([C@H](C)N(C)C)[C@H](OC(=O)C(C)(C)C)C[C@@]2(C)C4CCC3[C@]1(C)C=O. The van der Waals surface area contributed by atoms with Crippen LogP contribution in [-0.2, 0) is 23.9 Å². The molecule has 7 heteroatoms. The van der Waals surface area contributed by atoms with Crippen molar-refractivity contribution < 1.29 is 23.9 Å². The van der Waals surface area contributed by atoms with Gasteiger partial charge in [-0.05, 0) is 108 Å². The lowest BCUT2D eigenvalue weighted by molar-refractivity contribution is -0.172. The van der Waals surface area contributed by atoms with Crippen LogP contribution in [0, 0.1) is 56.2 Å². The third kappa shape index (κ3) is 3.92. The Hall–Kier alpha value is -1.76. The molecule has 5 saturated carbocycles. The van der Waals surface area contributed by atoms with Crippen LogP contribution < -0.4 is 5.32 Å². The number of ketones is 1. The van der Waals surface area contributed by atoms with E-state index in [1.807, 2.05) is 41.5 Å². The Morgan fingerprint density at radius 2 is 1.64 bits per heavy atom. The molecule has 42 heavy (non-hydrogen) atoms. The number of ether oxygens (including phenoxy) is 1. The second kappa shape index (κ2) is 9.62. The van der Waals surface area contributed by atoms with Crippen molar-refractivity contribution in [1.29, 1.82) is 0 Å². The molecule has 0 bridgehead atoms. The Kier molecular flexibility index (Phi) is 7.25. The zero-order valence-electron chi connectivity index (χ0n) is 28.1. The highest BCUT2D eigenvalue weighted by molar-refractivity contribution is 5.92. The molecule has 1 N–H and O–H groups in total. The molecule has 5 aliphatic rings. The molecule has 0 heterocycles. The molecular formula is C35H56N2O5. The highest BCUT2D eigenvalue weighted by Gasteiger charge is 2.86. The van der Waals surface area contributed by atoms with Gasteiger partial charge in [-0.15, -0.1) is 0 Å². The number of carbonyl (C=O) groups is 4. The van der Waals surface area contributed by atoms with Crippen molar-refractivity contribution in [2.75, 3.05) is 14.1 Å². The lowest BCUT2D eigenvalue weighted by Crippen LogP contribution is -2.63. The average Bonchev–Trinajstić information content (AvgIpc) is 3.52. The first kappa shape index (κ1) is 31.7. The van der Waals surface area contributed by atoms with Crippen LogP contribution in [-0.4, -0.2) is 61.1 Å². The van der Waals surface area contributed by atoms with Crippen molar-refractivity contribution in [1.82, 2.24) is 10.2 Å². The maximum Gasteiger partial charge on any atom is 0.311 e. The molecule has 236 valence electrons. The minimum atomic E-state index is -0.693. The second-order valence-corrected chi connectivity index (χ2v) is 17.3. The molecule has 7 unspecified atom stereocenters. The molecule has 0 aromatic rings. The largest absolute Gasteiger partial charge is 0.462 e. The fourth-order valence-corrected chi connectivity index (χ4v) is 11.2. The van der Waals surface area contributed by atoms with Crippen LogP contribution in [0.25, 0.3) is 0 Å². The zero-order valence-corrected chi connectivity index (χ0v) is 28.1. The van der Waals surface area contributed by atoms with E-state index in [2.05, 4.69) is 45.1 Å². The highest BCUT2D eigenvalue weighted by atomic mass is 16.5. The van der Waals surface area contributed by atoms with E-state index < -0.39 is 16.2 Å². The van der Waals surface area contributed by atoms with E-state index in [-0.39, 0.29) is 70.0 Å². The molecule has 2 spiro atoms. The molecule has 5 fully saturated rings. The van der Waals surface area contributed by atoms with Gasteiger partial charge in [0.2, 0.25) is 5.91 Å². The predicted molar refractivity (Wildman–Crippen MR) is 162 cm³/mol. The predicted octanol–water partition coefficient (Wildman–Crippen LogP) is 5.44. The summed E-state index contributed by atoms with van der Waals surface area (Å²) in [4.78, 5) is 55.8. The third-order valence-electron chi connectivity index (χ3n) is 13.9. The molecule has 5 aliphatic carbocycles. The smallest absolute Gasteiger partial charge is 0.311 e. The Bertz CT molecular complexity index is 1170. The summed E-state index contributed by atoms with van der Waals surface area (Å²) in [6, 6.07) is -0.0634. The molecule has 0 saturated heterocycles. The minimum Gasteiger partial charge on any atom is -0.462 e. The summed E-state index contributed by atoms with van der Waals surface area (Å²) in [6.45, 7) is 18.4. The Labute approximate surface area is 253 Å². The summed E-state index contributed by atoms with van der Waals surface area (Å²) in [5.74, 6) is 0.356. The summed E-state index contributed by atoms with van der Waals surface area (Å²) < 4.78 is 6.41. The van der Waals surface area contributed by atoms with Crippen molar-refractivity contribution >= 4 is 23.9 Å². The van der Waals surface area contributed by atoms with E-state index in [9.17, 15) is 19.2 Å². The number of aldehydes is 1. The van der Waals surface area contributed by atoms with Crippen LogP contribution >= 0.6 is 0 Å². The van der Waals surface area contributed by atoms with E-state index in [1.54, 1.807) is 0 Å². The van der Waals surface area contributed by atoms with Gasteiger partial charge in [-0.1, -0.05) is 34.6 Å². The number of hydrogen-bond acceptors (Lipinski definition) is 6. The van der Waals surface area contributed by atoms with Crippen LogP contribution in [0.2, 0.25) is 0 Å². The molecule has 0 aliphatic heterocycles. The van der Waals surface area contributed by atoms with Crippen LogP contribution in [0.3, 0.4) is 0 Å². The Balaban J connectivity index is 1.53. The number of nitrogens with zero attached hydrogens (tertiary/aromatic N) is 1. The number of hydrogen-bond donors (Lipinski definition) is 1. The number of carbonyl (C=O) groups excluding carboxylic acids is 4. The van der Waals surface area contributed by atoms with Crippen LogP contribution in [0.4, 0.5) is 0 Å². The maximum absolute atomic E-state index is 14.7. The van der Waals surface area contributed by atoms with E-state index in [4.69, 9.17) is 4.74 Å². The molecule has 5 rings (SSSR count). The lowest BCUT2D eigenvalue weighted by Gasteiger charge is -2.62. The van der Waals surface area contributed by atoms with Gasteiger partial charge in [0.1, 0.15) is 18.2 Å². The van der Waals surface area contributed by atoms with Crippen molar-refractivity contribution in [3.05, 3.63) is 0 Å². The van der Waals surface area contributed by atoms with Crippen LogP contribution in [0.1, 0.15) is 107 Å². The standard InChI is InChI=1S/C35H56N2O5/c1-20(2)28(40)36-25-14-15-34-18-35(34)24(13-12-23(34)31(25,7)19-38)32(8)16-22(42-29(41)30(4,5)6)27(21(3)37(10)11)33(32,9)17-26(35)39/h19-25,27H,12-18H2,1-11H3,(H,36,40)/t21-,22+,23?,24?,25?,27?,31-,32-,33?,34?,35?/m0/s1. The number of amides is 1. The van der Waals surface area contributed by atoms with Gasteiger partial charge in [-0.25, -0.2) is 0 Å². The van der Waals surface area contributed by atoms with Crippen LogP contribution in [0.5, 0.6) is 0 Å². The van der Waals surface area contributed by atoms with E-state index in [0.29, 0.717) is 12.2 Å². The normalized spacial score (nSPS) is 46.7. The summed E-state index contributed by atoms with van der Waals surface area (Å²) >= 11 is 0. The number of esters is 1. The second-order valence-electron chi connectivity index (χ2n) is 17.3. The van der Waals surface area contributed by atoms with E-state index in [1.165, 1.54) is 0 Å². The average molecular weight is 585 g/mol. The van der Waals surface area contributed by atoms with Crippen molar-refractivity contribution in [2.24, 2.45) is 56.2 Å². The molecule has 11 atom stereocenters. The van der Waals surface area contributed by atoms with Gasteiger partial charge >= 0.3 is 5.97 Å². The minimum absolute atomic E-state index is 0.0110. The molecule has 0 aromatic carbocycles. The first-order chi connectivity index (χ1) is 19.3. The van der Waals surface area contributed by atoms with Gasteiger partial charge in [-0.3, -0.25) is 14.4 Å².